The number of nitrogens with zero attached hydrogens (tertiary/aromatic N) is 2. The van der Waals surface area contributed by atoms with Gasteiger partial charge in [0.15, 0.2) is 0 Å². The molecule has 0 saturated carbocycles. The lowest BCUT2D eigenvalue weighted by Gasteiger charge is -2.44. The van der Waals surface area contributed by atoms with E-state index in [1.54, 1.807) is 0 Å². The molecule has 0 aromatic heterocycles. The molecule has 10 rings (SSSR count). The van der Waals surface area contributed by atoms with Gasteiger partial charge in [0, 0.05) is 40.0 Å². The third kappa shape index (κ3) is 4.97. The second kappa shape index (κ2) is 12.6. The van der Waals surface area contributed by atoms with E-state index in [9.17, 15) is 0 Å². The zero-order chi connectivity index (χ0) is 34.4. The summed E-state index contributed by atoms with van der Waals surface area (Å²) >= 11 is 0. The Morgan fingerprint density at radius 1 is 0.327 bits per heavy atom. The van der Waals surface area contributed by atoms with E-state index in [1.165, 1.54) is 67.0 Å². The zero-order valence-electron chi connectivity index (χ0n) is 28.7. The molecule has 0 atom stereocenters. The number of hydrogen-bond donors (Lipinski definition) is 0. The average molecular weight is 663 g/mol. The molecule has 8 aromatic rings. The maximum atomic E-state index is 2.47. The fourth-order valence-electron chi connectivity index (χ4n) is 8.51. The smallest absolute Gasteiger partial charge is 0.252 e. The lowest BCUT2D eigenvalue weighted by Crippen LogP contribution is -2.61. The van der Waals surface area contributed by atoms with Crippen LogP contribution in [0.15, 0.2) is 206 Å². The van der Waals surface area contributed by atoms with Gasteiger partial charge in [-0.05, 0) is 92.7 Å². The van der Waals surface area contributed by atoms with Gasteiger partial charge in [-0.15, -0.1) is 0 Å². The van der Waals surface area contributed by atoms with Crippen molar-refractivity contribution < 1.29 is 0 Å². The molecule has 0 radical (unpaired) electrons. The van der Waals surface area contributed by atoms with Gasteiger partial charge in [0.2, 0.25) is 0 Å². The highest BCUT2D eigenvalue weighted by Gasteiger charge is 2.43. The van der Waals surface area contributed by atoms with Gasteiger partial charge >= 0.3 is 0 Å². The molecule has 3 heteroatoms. The molecule has 0 N–H and O–H groups in total. The van der Waals surface area contributed by atoms with Crippen molar-refractivity contribution >= 4 is 57.2 Å². The largest absolute Gasteiger partial charge is 0.311 e. The van der Waals surface area contributed by atoms with Crippen molar-refractivity contribution in [2.24, 2.45) is 0 Å². The Morgan fingerprint density at radius 2 is 0.712 bits per heavy atom. The molecule has 0 unspecified atom stereocenters. The van der Waals surface area contributed by atoms with Crippen molar-refractivity contribution in [3.05, 3.63) is 223 Å². The summed E-state index contributed by atoms with van der Waals surface area (Å²) in [5, 5.41) is 0. The van der Waals surface area contributed by atoms with E-state index < -0.39 is 0 Å². The van der Waals surface area contributed by atoms with Crippen LogP contribution in [-0.4, -0.2) is 6.71 Å². The Kier molecular flexibility index (Phi) is 7.35. The molecule has 0 spiro atoms. The fourth-order valence-corrected chi connectivity index (χ4v) is 8.51. The SMILES string of the molecule is c1ccc(C(c2ccccc2)c2ccc(-c3cc4c5c(c3)N(c3ccccc3)c3ccccc3B5c3ccccc3N4c3ccccc3)cc2)cc1. The Morgan fingerprint density at radius 3 is 1.17 bits per heavy atom. The highest BCUT2D eigenvalue weighted by Crippen LogP contribution is 2.46. The Bertz CT molecular complexity index is 2360. The first kappa shape index (κ1) is 30.3. The Labute approximate surface area is 306 Å². The maximum Gasteiger partial charge on any atom is 0.252 e. The van der Waals surface area contributed by atoms with E-state index in [4.69, 9.17) is 0 Å². The molecule has 8 aromatic carbocycles. The van der Waals surface area contributed by atoms with Crippen LogP contribution in [0.1, 0.15) is 22.6 Å². The van der Waals surface area contributed by atoms with Crippen molar-refractivity contribution in [1.82, 2.24) is 0 Å². The van der Waals surface area contributed by atoms with Crippen molar-refractivity contribution in [2.75, 3.05) is 9.80 Å². The van der Waals surface area contributed by atoms with E-state index in [1.807, 2.05) is 0 Å². The predicted octanol–water partition coefficient (Wildman–Crippen LogP) is 10.6. The topological polar surface area (TPSA) is 6.48 Å². The van der Waals surface area contributed by atoms with Gasteiger partial charge in [0.25, 0.3) is 6.71 Å². The predicted molar refractivity (Wildman–Crippen MR) is 220 cm³/mol. The molecule has 0 saturated heterocycles. The molecule has 52 heavy (non-hydrogen) atoms. The maximum absolute atomic E-state index is 2.47. The van der Waals surface area contributed by atoms with Crippen LogP contribution in [-0.2, 0) is 0 Å². The second-order valence-corrected chi connectivity index (χ2v) is 13.7. The third-order valence-corrected chi connectivity index (χ3v) is 10.8. The summed E-state index contributed by atoms with van der Waals surface area (Å²) in [5.41, 5.74) is 17.4. The second-order valence-electron chi connectivity index (χ2n) is 13.7. The number of para-hydroxylation sites is 4. The molecule has 0 aliphatic carbocycles. The number of hydrogen-bond acceptors (Lipinski definition) is 2. The molecule has 0 amide bonds. The van der Waals surface area contributed by atoms with E-state index in [0.717, 1.165) is 11.4 Å². The fraction of sp³-hybridized carbons (Fsp3) is 0.0204. The molecule has 2 heterocycles. The highest BCUT2D eigenvalue weighted by molar-refractivity contribution is 7.00. The van der Waals surface area contributed by atoms with E-state index in [-0.39, 0.29) is 12.6 Å². The normalized spacial score (nSPS) is 12.7. The van der Waals surface area contributed by atoms with Crippen molar-refractivity contribution in [2.45, 2.75) is 5.92 Å². The van der Waals surface area contributed by atoms with Gasteiger partial charge in [-0.25, -0.2) is 0 Å². The molecule has 2 aliphatic heterocycles. The first-order chi connectivity index (χ1) is 25.8. The Balaban J connectivity index is 1.20. The summed E-state index contributed by atoms with van der Waals surface area (Å²) in [6, 6.07) is 75.4. The molecule has 0 bridgehead atoms. The quantitative estimate of drug-likeness (QED) is 0.129. The van der Waals surface area contributed by atoms with Crippen LogP contribution in [0.4, 0.5) is 34.1 Å². The molecule has 0 fully saturated rings. The van der Waals surface area contributed by atoms with Gasteiger partial charge in [-0.3, -0.25) is 0 Å². The monoisotopic (exact) mass is 662 g/mol. The molecule has 244 valence electrons. The minimum absolute atomic E-state index is 0.103. The van der Waals surface area contributed by atoms with Gasteiger partial charge < -0.3 is 9.80 Å². The van der Waals surface area contributed by atoms with Crippen molar-refractivity contribution in [3.8, 4) is 11.1 Å². The summed E-state index contributed by atoms with van der Waals surface area (Å²) in [4.78, 5) is 4.95. The van der Waals surface area contributed by atoms with Gasteiger partial charge in [0.1, 0.15) is 0 Å². The van der Waals surface area contributed by atoms with Crippen LogP contribution in [0, 0.1) is 0 Å². The number of anilines is 6. The van der Waals surface area contributed by atoms with Crippen LogP contribution >= 0.6 is 0 Å². The van der Waals surface area contributed by atoms with Crippen LogP contribution in [0.5, 0.6) is 0 Å². The summed E-state index contributed by atoms with van der Waals surface area (Å²) in [7, 11) is 0. The van der Waals surface area contributed by atoms with E-state index in [2.05, 4.69) is 216 Å². The minimum Gasteiger partial charge on any atom is -0.311 e. The van der Waals surface area contributed by atoms with E-state index >= 15 is 0 Å². The van der Waals surface area contributed by atoms with Crippen molar-refractivity contribution in [3.63, 3.8) is 0 Å². The summed E-state index contributed by atoms with van der Waals surface area (Å²) < 4.78 is 0. The first-order valence-corrected chi connectivity index (χ1v) is 18.1. The molecular weight excluding hydrogens is 627 g/mol. The molecule has 2 aliphatic rings. The van der Waals surface area contributed by atoms with Gasteiger partial charge in [-0.2, -0.15) is 0 Å². The standard InChI is InChI=1S/C49H35BN2/c1-5-17-36(18-6-1)48(37-19-7-2-8-20-37)38-31-29-35(30-32-38)39-33-46-49-47(34-39)52(41-23-11-4-12-24-41)45-28-16-14-26-43(45)50(49)42-25-13-15-27-44(42)51(46)40-21-9-3-10-22-40/h1-34,48H. The van der Waals surface area contributed by atoms with Crippen LogP contribution in [0.25, 0.3) is 11.1 Å². The lowest BCUT2D eigenvalue weighted by atomic mass is 9.33. The number of rotatable bonds is 6. The zero-order valence-corrected chi connectivity index (χ0v) is 28.7. The number of benzene rings is 8. The van der Waals surface area contributed by atoms with Gasteiger partial charge in [0.05, 0.1) is 0 Å². The van der Waals surface area contributed by atoms with Crippen LogP contribution in [0.2, 0.25) is 0 Å². The van der Waals surface area contributed by atoms with Crippen molar-refractivity contribution in [1.29, 1.82) is 0 Å². The summed E-state index contributed by atoms with van der Waals surface area (Å²) in [5.74, 6) is 0.150. The van der Waals surface area contributed by atoms with E-state index in [0.29, 0.717) is 0 Å². The Hall–Kier alpha value is -6.58. The van der Waals surface area contributed by atoms with Gasteiger partial charge in [-0.1, -0.05) is 158 Å². The molecular formula is C49H35BN2. The summed E-state index contributed by atoms with van der Waals surface area (Å²) in [6.45, 7) is 0.103. The average Bonchev–Trinajstić information content (AvgIpc) is 3.22. The van der Waals surface area contributed by atoms with Crippen LogP contribution < -0.4 is 26.2 Å². The summed E-state index contributed by atoms with van der Waals surface area (Å²) in [6.07, 6.45) is 0. The van der Waals surface area contributed by atoms with Crippen LogP contribution in [0.3, 0.4) is 0 Å². The highest BCUT2D eigenvalue weighted by atomic mass is 15.2. The first-order valence-electron chi connectivity index (χ1n) is 18.1. The third-order valence-electron chi connectivity index (χ3n) is 10.8. The minimum atomic E-state index is 0.103. The lowest BCUT2D eigenvalue weighted by molar-refractivity contribution is 0.978. The number of fused-ring (bicyclic) bond motifs is 4. The molecule has 2 nitrogen and oxygen atoms in total.